The minimum absolute atomic E-state index is 0. The highest BCUT2D eigenvalue weighted by Crippen LogP contribution is 2.22. The van der Waals surface area contributed by atoms with E-state index in [1.807, 2.05) is 11.8 Å². The molecule has 0 bridgehead atoms. The minimum Gasteiger partial charge on any atom is -0.357 e. The van der Waals surface area contributed by atoms with Crippen molar-refractivity contribution in [2.45, 2.75) is 33.0 Å². The van der Waals surface area contributed by atoms with Gasteiger partial charge in [-0.1, -0.05) is 19.1 Å². The zero-order valence-electron chi connectivity index (χ0n) is 17.2. The van der Waals surface area contributed by atoms with Crippen LogP contribution in [0.4, 0.5) is 18.9 Å². The summed E-state index contributed by atoms with van der Waals surface area (Å²) in [5.74, 6) is 0.819. The van der Waals surface area contributed by atoms with Crippen molar-refractivity contribution in [2.24, 2.45) is 10.9 Å². The molecule has 7 nitrogen and oxygen atoms in total. The monoisotopic (exact) mass is 543 g/mol. The first-order valence-corrected chi connectivity index (χ1v) is 9.77. The maximum absolute atomic E-state index is 12.7. The van der Waals surface area contributed by atoms with Gasteiger partial charge < -0.3 is 10.2 Å². The number of alkyl halides is 3. The largest absolute Gasteiger partial charge is 0.401 e. The van der Waals surface area contributed by atoms with E-state index in [1.54, 1.807) is 19.1 Å². The fourth-order valence-corrected chi connectivity index (χ4v) is 3.46. The second-order valence-electron chi connectivity index (χ2n) is 7.14. The molecule has 1 aromatic carbocycles. The first kappa shape index (κ1) is 26.4. The van der Waals surface area contributed by atoms with Gasteiger partial charge in [-0.05, 0) is 31.4 Å². The van der Waals surface area contributed by atoms with Gasteiger partial charge in [-0.15, -0.1) is 24.0 Å². The van der Waals surface area contributed by atoms with E-state index in [4.69, 9.17) is 0 Å². The molecule has 1 unspecified atom stereocenters. The molecule has 30 heavy (non-hydrogen) atoms. The molecule has 1 aliphatic heterocycles. The number of rotatable bonds is 8. The van der Waals surface area contributed by atoms with E-state index in [0.29, 0.717) is 38.7 Å². The van der Waals surface area contributed by atoms with Gasteiger partial charge in [0.25, 0.3) is 5.69 Å². The smallest absolute Gasteiger partial charge is 0.357 e. The number of halogens is 4. The fraction of sp³-hybridized carbons (Fsp3) is 0.632. The van der Waals surface area contributed by atoms with Crippen molar-refractivity contribution >= 4 is 35.6 Å². The fourth-order valence-electron chi connectivity index (χ4n) is 3.46. The molecule has 0 aliphatic carbocycles. The third kappa shape index (κ3) is 8.62. The number of nitro groups is 1. The lowest BCUT2D eigenvalue weighted by molar-refractivity contribution is -0.384. The van der Waals surface area contributed by atoms with Gasteiger partial charge in [0.1, 0.15) is 0 Å². The van der Waals surface area contributed by atoms with Crippen molar-refractivity contribution in [2.75, 3.05) is 39.3 Å². The summed E-state index contributed by atoms with van der Waals surface area (Å²) in [5.41, 5.74) is 0.751. The Morgan fingerprint density at radius 3 is 2.73 bits per heavy atom. The van der Waals surface area contributed by atoms with Gasteiger partial charge in [-0.2, -0.15) is 13.2 Å². The van der Waals surface area contributed by atoms with E-state index in [9.17, 15) is 23.3 Å². The van der Waals surface area contributed by atoms with Crippen LogP contribution in [-0.4, -0.2) is 66.1 Å². The zero-order chi connectivity index (χ0) is 21.4. The topological polar surface area (TPSA) is 74.0 Å². The summed E-state index contributed by atoms with van der Waals surface area (Å²) in [7, 11) is 0. The number of aliphatic imine (C=N–C) groups is 1. The molecule has 0 amide bonds. The Balaban J connectivity index is 0.00000450. The van der Waals surface area contributed by atoms with E-state index < -0.39 is 17.6 Å². The summed E-state index contributed by atoms with van der Waals surface area (Å²) in [5, 5.41) is 14.1. The number of hydrogen-bond acceptors (Lipinski definition) is 4. The van der Waals surface area contributed by atoms with Crippen molar-refractivity contribution in [3.05, 3.63) is 39.9 Å². The molecule has 1 fully saturated rings. The van der Waals surface area contributed by atoms with Crippen LogP contribution in [0.2, 0.25) is 0 Å². The normalized spacial score (nSPS) is 17.2. The Hall–Kier alpha value is -1.63. The quantitative estimate of drug-likeness (QED) is 0.177. The van der Waals surface area contributed by atoms with Gasteiger partial charge in [0.05, 0.1) is 18.0 Å². The van der Waals surface area contributed by atoms with Crippen molar-refractivity contribution in [1.82, 2.24) is 15.1 Å². The number of guanidine groups is 1. The number of hydrogen-bond donors (Lipinski definition) is 1. The summed E-state index contributed by atoms with van der Waals surface area (Å²) in [6.07, 6.45) is -3.39. The summed E-state index contributed by atoms with van der Waals surface area (Å²) in [6.45, 7) is 5.85. The second-order valence-corrected chi connectivity index (χ2v) is 7.14. The van der Waals surface area contributed by atoms with Gasteiger partial charge in [0.15, 0.2) is 5.96 Å². The molecule has 1 aromatic rings. The highest BCUT2D eigenvalue weighted by molar-refractivity contribution is 14.0. The van der Waals surface area contributed by atoms with Crippen LogP contribution < -0.4 is 5.32 Å². The van der Waals surface area contributed by atoms with Crippen molar-refractivity contribution in [1.29, 1.82) is 0 Å². The van der Waals surface area contributed by atoms with Crippen LogP contribution >= 0.6 is 24.0 Å². The number of non-ortho nitro benzene ring substituents is 1. The number of nitrogens with zero attached hydrogens (tertiary/aromatic N) is 4. The zero-order valence-corrected chi connectivity index (χ0v) is 19.5. The molecule has 0 saturated carbocycles. The highest BCUT2D eigenvalue weighted by Gasteiger charge is 2.33. The Morgan fingerprint density at radius 1 is 1.40 bits per heavy atom. The molecule has 170 valence electrons. The van der Waals surface area contributed by atoms with Gasteiger partial charge in [-0.25, -0.2) is 4.99 Å². The third-order valence-electron chi connectivity index (χ3n) is 4.82. The van der Waals surface area contributed by atoms with Crippen LogP contribution in [0.3, 0.4) is 0 Å². The van der Waals surface area contributed by atoms with Gasteiger partial charge >= 0.3 is 6.18 Å². The standard InChI is InChI=1S/C19H28F3N5O2.HI/c1-3-23-18(24-11-15-6-5-7-17(10-15)27(28)29)26-9-8-16(13-26)12-25(4-2)14-19(20,21)22;/h5-7,10,16H,3-4,8-9,11-14H2,1-2H3,(H,23,24);1H. The summed E-state index contributed by atoms with van der Waals surface area (Å²) >= 11 is 0. The van der Waals surface area contributed by atoms with Gasteiger partial charge in [0, 0.05) is 38.3 Å². The maximum atomic E-state index is 12.7. The van der Waals surface area contributed by atoms with Crippen molar-refractivity contribution in [3.63, 3.8) is 0 Å². The van der Waals surface area contributed by atoms with Crippen LogP contribution in [0.25, 0.3) is 0 Å². The molecule has 1 atom stereocenters. The van der Waals surface area contributed by atoms with E-state index in [0.717, 1.165) is 18.5 Å². The Bertz CT molecular complexity index is 718. The summed E-state index contributed by atoms with van der Waals surface area (Å²) in [4.78, 5) is 18.5. The summed E-state index contributed by atoms with van der Waals surface area (Å²) < 4.78 is 38.1. The molecule has 0 spiro atoms. The number of nitro benzene ring substituents is 1. The molecule has 2 rings (SSSR count). The van der Waals surface area contributed by atoms with Crippen molar-refractivity contribution in [3.8, 4) is 0 Å². The number of benzene rings is 1. The summed E-state index contributed by atoms with van der Waals surface area (Å²) in [6, 6.07) is 6.34. The van der Waals surface area contributed by atoms with E-state index in [2.05, 4.69) is 10.3 Å². The van der Waals surface area contributed by atoms with Crippen LogP contribution in [-0.2, 0) is 6.54 Å². The molecule has 1 N–H and O–H groups in total. The van der Waals surface area contributed by atoms with Crippen LogP contribution in [0.1, 0.15) is 25.8 Å². The maximum Gasteiger partial charge on any atom is 0.401 e. The lowest BCUT2D eigenvalue weighted by atomic mass is 10.1. The first-order valence-electron chi connectivity index (χ1n) is 9.77. The van der Waals surface area contributed by atoms with Crippen molar-refractivity contribution < 1.29 is 18.1 Å². The highest BCUT2D eigenvalue weighted by atomic mass is 127. The molecule has 11 heteroatoms. The Kier molecular flexibility index (Phi) is 10.8. The predicted molar refractivity (Wildman–Crippen MR) is 121 cm³/mol. The van der Waals surface area contributed by atoms with E-state index >= 15 is 0 Å². The van der Waals surface area contributed by atoms with Gasteiger partial charge in [-0.3, -0.25) is 15.0 Å². The predicted octanol–water partition coefficient (Wildman–Crippen LogP) is 3.88. The van der Waals surface area contributed by atoms with E-state index in [-0.39, 0.29) is 35.6 Å². The van der Waals surface area contributed by atoms with E-state index in [1.165, 1.54) is 17.0 Å². The molecular weight excluding hydrogens is 514 g/mol. The Labute approximate surface area is 191 Å². The number of likely N-dealkylation sites (tertiary alicyclic amines) is 1. The average Bonchev–Trinajstić information content (AvgIpc) is 3.12. The number of nitrogens with one attached hydrogen (secondary N) is 1. The molecular formula is C19H29F3IN5O2. The minimum atomic E-state index is -4.19. The van der Waals surface area contributed by atoms with Crippen LogP contribution in [0.5, 0.6) is 0 Å². The third-order valence-corrected chi connectivity index (χ3v) is 4.82. The van der Waals surface area contributed by atoms with Gasteiger partial charge in [0.2, 0.25) is 0 Å². The molecule has 1 aliphatic rings. The molecule has 0 radical (unpaired) electrons. The van der Waals surface area contributed by atoms with Crippen LogP contribution in [0, 0.1) is 16.0 Å². The molecule has 0 aromatic heterocycles. The first-order chi connectivity index (χ1) is 13.7. The SMILES string of the molecule is CCNC(=NCc1cccc([N+](=O)[O-])c1)N1CCC(CN(CC)CC(F)(F)F)C1.I. The molecule has 1 saturated heterocycles. The Morgan fingerprint density at radius 2 is 2.13 bits per heavy atom. The lowest BCUT2D eigenvalue weighted by Gasteiger charge is -2.26. The average molecular weight is 543 g/mol. The van der Waals surface area contributed by atoms with Crippen LogP contribution in [0.15, 0.2) is 29.3 Å². The second kappa shape index (κ2) is 12.3. The lowest BCUT2D eigenvalue weighted by Crippen LogP contribution is -2.41. The molecule has 1 heterocycles.